The van der Waals surface area contributed by atoms with Gasteiger partial charge in [0.2, 0.25) is 0 Å². The minimum atomic E-state index is -0.463. The van der Waals surface area contributed by atoms with E-state index in [1.165, 1.54) is 12.3 Å². The van der Waals surface area contributed by atoms with Crippen LogP contribution < -0.4 is 0 Å². The number of rotatable bonds is 1. The highest BCUT2D eigenvalue weighted by Crippen LogP contribution is 2.33. The van der Waals surface area contributed by atoms with Crippen LogP contribution in [0.15, 0.2) is 54.9 Å². The summed E-state index contributed by atoms with van der Waals surface area (Å²) in [5.41, 5.74) is 3.90. The molecule has 3 aromatic heterocycles. The molecule has 0 saturated heterocycles. The molecule has 25 heavy (non-hydrogen) atoms. The lowest BCUT2D eigenvalue weighted by Crippen LogP contribution is -1.95. The molecule has 0 saturated carbocycles. The fourth-order valence-electron chi connectivity index (χ4n) is 3.08. The van der Waals surface area contributed by atoms with Crippen LogP contribution in [0, 0.1) is 10.1 Å². The van der Waals surface area contributed by atoms with Crippen molar-refractivity contribution >= 4 is 49.6 Å². The maximum atomic E-state index is 11.2. The summed E-state index contributed by atoms with van der Waals surface area (Å²) < 4.78 is 0. The molecule has 0 aliphatic carbocycles. The SMILES string of the molecule is O=[N+]([O-])c1cnc2c(c1)c1nc3ccccc3nc1c1cccnc12. The number of hydrogen-bond donors (Lipinski definition) is 0. The maximum absolute atomic E-state index is 11.2. The van der Waals surface area contributed by atoms with Gasteiger partial charge in [-0.25, -0.2) is 15.0 Å². The molecular weight excluding hydrogens is 318 g/mol. The molecule has 0 atom stereocenters. The summed E-state index contributed by atoms with van der Waals surface area (Å²) in [6, 6.07) is 12.8. The lowest BCUT2D eigenvalue weighted by atomic mass is 10.1. The van der Waals surface area contributed by atoms with E-state index in [2.05, 4.69) is 9.97 Å². The molecule has 3 heterocycles. The summed E-state index contributed by atoms with van der Waals surface area (Å²) in [5.74, 6) is 0. The average molecular weight is 327 g/mol. The Morgan fingerprint density at radius 3 is 2.20 bits per heavy atom. The molecule has 0 N–H and O–H groups in total. The molecule has 118 valence electrons. The van der Waals surface area contributed by atoms with Crippen LogP contribution in [-0.4, -0.2) is 24.9 Å². The summed E-state index contributed by atoms with van der Waals surface area (Å²) in [5, 5.41) is 12.6. The van der Waals surface area contributed by atoms with Gasteiger partial charge in [-0.05, 0) is 24.3 Å². The van der Waals surface area contributed by atoms with Gasteiger partial charge < -0.3 is 0 Å². The van der Waals surface area contributed by atoms with Gasteiger partial charge in [-0.2, -0.15) is 0 Å². The zero-order chi connectivity index (χ0) is 17.0. The highest BCUT2D eigenvalue weighted by molar-refractivity contribution is 6.21. The van der Waals surface area contributed by atoms with E-state index in [1.807, 2.05) is 36.4 Å². The number of nitro groups is 1. The molecule has 2 aromatic carbocycles. The Morgan fingerprint density at radius 1 is 0.800 bits per heavy atom. The number of pyridine rings is 2. The van der Waals surface area contributed by atoms with Crippen LogP contribution in [0.4, 0.5) is 5.69 Å². The van der Waals surface area contributed by atoms with Gasteiger partial charge in [0, 0.05) is 23.0 Å². The van der Waals surface area contributed by atoms with Gasteiger partial charge in [0.25, 0.3) is 5.69 Å². The molecule has 7 heteroatoms. The number of para-hydroxylation sites is 2. The zero-order valence-electron chi connectivity index (χ0n) is 12.7. The molecule has 0 unspecified atom stereocenters. The Morgan fingerprint density at radius 2 is 1.48 bits per heavy atom. The first kappa shape index (κ1) is 13.7. The van der Waals surface area contributed by atoms with Crippen molar-refractivity contribution in [2.75, 3.05) is 0 Å². The topological polar surface area (TPSA) is 94.7 Å². The fourth-order valence-corrected chi connectivity index (χ4v) is 3.08. The summed E-state index contributed by atoms with van der Waals surface area (Å²) >= 11 is 0. The van der Waals surface area contributed by atoms with E-state index in [0.29, 0.717) is 27.5 Å². The highest BCUT2D eigenvalue weighted by atomic mass is 16.6. The minimum Gasteiger partial charge on any atom is -0.258 e. The van der Waals surface area contributed by atoms with E-state index < -0.39 is 4.92 Å². The van der Waals surface area contributed by atoms with Crippen molar-refractivity contribution in [2.24, 2.45) is 0 Å². The maximum Gasteiger partial charge on any atom is 0.288 e. The highest BCUT2D eigenvalue weighted by Gasteiger charge is 2.17. The minimum absolute atomic E-state index is 0.0842. The molecule has 0 spiro atoms. The third-order valence-electron chi connectivity index (χ3n) is 4.20. The lowest BCUT2D eigenvalue weighted by Gasteiger charge is -2.08. The van der Waals surface area contributed by atoms with Gasteiger partial charge in [-0.15, -0.1) is 0 Å². The van der Waals surface area contributed by atoms with Gasteiger partial charge in [-0.3, -0.25) is 15.1 Å². The molecule has 0 radical (unpaired) electrons. The second-order valence-electron chi connectivity index (χ2n) is 5.66. The summed E-state index contributed by atoms with van der Waals surface area (Å²) in [4.78, 5) is 28.8. The van der Waals surface area contributed by atoms with Crippen LogP contribution in [0.2, 0.25) is 0 Å². The van der Waals surface area contributed by atoms with Crippen LogP contribution in [0.3, 0.4) is 0 Å². The summed E-state index contributed by atoms with van der Waals surface area (Å²) in [6.07, 6.45) is 2.92. The number of nitrogens with zero attached hydrogens (tertiary/aromatic N) is 5. The summed E-state index contributed by atoms with van der Waals surface area (Å²) in [6.45, 7) is 0. The third kappa shape index (κ3) is 1.92. The second kappa shape index (κ2) is 4.88. The third-order valence-corrected chi connectivity index (χ3v) is 4.20. The van der Waals surface area contributed by atoms with E-state index in [4.69, 9.17) is 9.97 Å². The first-order valence-electron chi connectivity index (χ1n) is 7.60. The fraction of sp³-hybridized carbons (Fsp3) is 0. The smallest absolute Gasteiger partial charge is 0.258 e. The normalized spacial score (nSPS) is 11.5. The average Bonchev–Trinajstić information content (AvgIpc) is 2.66. The Hall–Kier alpha value is -3.74. The van der Waals surface area contributed by atoms with Crippen molar-refractivity contribution in [1.29, 1.82) is 0 Å². The monoisotopic (exact) mass is 327 g/mol. The molecule has 0 fully saturated rings. The van der Waals surface area contributed by atoms with E-state index in [9.17, 15) is 10.1 Å². The molecule has 0 aliphatic rings. The molecular formula is C18H9N5O2. The Labute approximate surface area is 140 Å². The Bertz CT molecular complexity index is 1330. The quantitative estimate of drug-likeness (QED) is 0.201. The molecule has 7 nitrogen and oxygen atoms in total. The molecule has 0 aliphatic heterocycles. The zero-order valence-corrected chi connectivity index (χ0v) is 12.7. The van der Waals surface area contributed by atoms with Gasteiger partial charge in [0.1, 0.15) is 6.20 Å². The number of benzene rings is 2. The van der Waals surface area contributed by atoms with E-state index >= 15 is 0 Å². The van der Waals surface area contributed by atoms with Crippen molar-refractivity contribution in [2.45, 2.75) is 0 Å². The van der Waals surface area contributed by atoms with Crippen LogP contribution >= 0.6 is 0 Å². The van der Waals surface area contributed by atoms with Crippen LogP contribution in [0.25, 0.3) is 43.9 Å². The Kier molecular flexibility index (Phi) is 2.67. The number of aromatic nitrogens is 4. The van der Waals surface area contributed by atoms with Crippen molar-refractivity contribution in [1.82, 2.24) is 19.9 Å². The van der Waals surface area contributed by atoms with Gasteiger partial charge in [0.15, 0.2) is 0 Å². The van der Waals surface area contributed by atoms with Crippen molar-refractivity contribution in [3.05, 3.63) is 65.0 Å². The second-order valence-corrected chi connectivity index (χ2v) is 5.66. The van der Waals surface area contributed by atoms with E-state index in [1.54, 1.807) is 6.20 Å². The Balaban J connectivity index is 2.10. The van der Waals surface area contributed by atoms with Crippen molar-refractivity contribution < 1.29 is 4.92 Å². The van der Waals surface area contributed by atoms with Crippen molar-refractivity contribution in [3.8, 4) is 0 Å². The predicted octanol–water partition coefficient (Wildman–Crippen LogP) is 3.79. The van der Waals surface area contributed by atoms with Gasteiger partial charge in [-0.1, -0.05) is 12.1 Å². The molecule has 5 rings (SSSR count). The van der Waals surface area contributed by atoms with E-state index in [-0.39, 0.29) is 5.69 Å². The molecule has 5 aromatic rings. The van der Waals surface area contributed by atoms with Gasteiger partial charge in [0.05, 0.1) is 38.0 Å². The predicted molar refractivity (Wildman–Crippen MR) is 94.3 cm³/mol. The number of fused-ring (bicyclic) bond motifs is 7. The van der Waals surface area contributed by atoms with Crippen LogP contribution in [0.1, 0.15) is 0 Å². The number of hydrogen-bond acceptors (Lipinski definition) is 6. The largest absolute Gasteiger partial charge is 0.288 e. The lowest BCUT2D eigenvalue weighted by molar-refractivity contribution is -0.385. The van der Waals surface area contributed by atoms with E-state index in [0.717, 1.165) is 16.4 Å². The standard InChI is InChI=1S/C18H9N5O2/c24-23(25)10-8-12-16(20-9-10)15-11(4-3-7-19-15)17-18(12)22-14-6-2-1-5-13(14)21-17/h1-9H. The van der Waals surface area contributed by atoms with Crippen LogP contribution in [-0.2, 0) is 0 Å². The molecule has 0 bridgehead atoms. The molecule has 0 amide bonds. The van der Waals surface area contributed by atoms with Crippen molar-refractivity contribution in [3.63, 3.8) is 0 Å². The first-order chi connectivity index (χ1) is 12.2. The van der Waals surface area contributed by atoms with Gasteiger partial charge >= 0.3 is 0 Å². The first-order valence-corrected chi connectivity index (χ1v) is 7.60. The van der Waals surface area contributed by atoms with Crippen LogP contribution in [0.5, 0.6) is 0 Å². The summed E-state index contributed by atoms with van der Waals surface area (Å²) in [7, 11) is 0.